The van der Waals surface area contributed by atoms with E-state index < -0.39 is 0 Å². The van der Waals surface area contributed by atoms with Crippen molar-refractivity contribution in [3.05, 3.63) is 0 Å². The Kier molecular flexibility index (Phi) is 4.90. The summed E-state index contributed by atoms with van der Waals surface area (Å²) in [7, 11) is 2.24. The van der Waals surface area contributed by atoms with Gasteiger partial charge in [-0.15, -0.1) is 0 Å². The zero-order chi connectivity index (χ0) is 10.6. The largest absolute Gasteiger partial charge is 0.393 e. The van der Waals surface area contributed by atoms with Gasteiger partial charge in [0.05, 0.1) is 6.10 Å². The molecule has 14 heavy (non-hydrogen) atoms. The third-order valence-corrected chi connectivity index (χ3v) is 3.64. The SMILES string of the molecule is CCCC(C)N(C)C1CCC(O)CC1. The van der Waals surface area contributed by atoms with Crippen molar-refractivity contribution in [3.8, 4) is 0 Å². The molecule has 0 bridgehead atoms. The van der Waals surface area contributed by atoms with E-state index in [0.717, 1.165) is 12.8 Å². The van der Waals surface area contributed by atoms with Gasteiger partial charge in [0.2, 0.25) is 0 Å². The summed E-state index contributed by atoms with van der Waals surface area (Å²) < 4.78 is 0. The van der Waals surface area contributed by atoms with Crippen molar-refractivity contribution < 1.29 is 5.11 Å². The fourth-order valence-corrected chi connectivity index (χ4v) is 2.45. The molecule has 84 valence electrons. The molecule has 1 rings (SSSR count). The average molecular weight is 199 g/mol. The summed E-state index contributed by atoms with van der Waals surface area (Å²) >= 11 is 0. The van der Waals surface area contributed by atoms with E-state index in [4.69, 9.17) is 0 Å². The smallest absolute Gasteiger partial charge is 0.0541 e. The van der Waals surface area contributed by atoms with E-state index in [1.807, 2.05) is 0 Å². The van der Waals surface area contributed by atoms with Gasteiger partial charge in [-0.05, 0) is 46.1 Å². The second-order valence-electron chi connectivity index (χ2n) is 4.77. The van der Waals surface area contributed by atoms with Gasteiger partial charge < -0.3 is 10.0 Å². The van der Waals surface area contributed by atoms with Gasteiger partial charge in [0, 0.05) is 12.1 Å². The maximum Gasteiger partial charge on any atom is 0.0541 e. The molecule has 1 atom stereocenters. The van der Waals surface area contributed by atoms with E-state index in [1.165, 1.54) is 25.7 Å². The molecule has 0 amide bonds. The Morgan fingerprint density at radius 2 is 1.86 bits per heavy atom. The van der Waals surface area contributed by atoms with Gasteiger partial charge >= 0.3 is 0 Å². The van der Waals surface area contributed by atoms with Crippen LogP contribution in [0.1, 0.15) is 52.4 Å². The molecule has 1 unspecified atom stereocenters. The summed E-state index contributed by atoms with van der Waals surface area (Å²) in [6.07, 6.45) is 6.86. The summed E-state index contributed by atoms with van der Waals surface area (Å²) in [5, 5.41) is 9.43. The summed E-state index contributed by atoms with van der Waals surface area (Å²) in [5.41, 5.74) is 0. The summed E-state index contributed by atoms with van der Waals surface area (Å²) in [6, 6.07) is 1.40. The molecule has 0 radical (unpaired) electrons. The van der Waals surface area contributed by atoms with Crippen LogP contribution in [0.25, 0.3) is 0 Å². The summed E-state index contributed by atoms with van der Waals surface area (Å²) in [4.78, 5) is 2.51. The number of nitrogens with zero attached hydrogens (tertiary/aromatic N) is 1. The first-order valence-corrected chi connectivity index (χ1v) is 6.05. The first-order chi connectivity index (χ1) is 6.65. The summed E-state index contributed by atoms with van der Waals surface area (Å²) in [6.45, 7) is 4.56. The Balaban J connectivity index is 2.33. The predicted molar refractivity (Wildman–Crippen MR) is 60.4 cm³/mol. The van der Waals surface area contributed by atoms with Crippen LogP contribution < -0.4 is 0 Å². The van der Waals surface area contributed by atoms with Crippen LogP contribution in [0, 0.1) is 0 Å². The van der Waals surface area contributed by atoms with Crippen LogP contribution in [0.2, 0.25) is 0 Å². The molecule has 2 heteroatoms. The minimum Gasteiger partial charge on any atom is -0.393 e. The summed E-state index contributed by atoms with van der Waals surface area (Å²) in [5.74, 6) is 0. The first kappa shape index (κ1) is 12.0. The van der Waals surface area contributed by atoms with Crippen molar-refractivity contribution in [2.45, 2.75) is 70.6 Å². The molecular weight excluding hydrogens is 174 g/mol. The van der Waals surface area contributed by atoms with Crippen LogP contribution in [0.4, 0.5) is 0 Å². The van der Waals surface area contributed by atoms with Gasteiger partial charge in [-0.1, -0.05) is 13.3 Å². The normalized spacial score (nSPS) is 30.6. The minimum absolute atomic E-state index is 0.0267. The van der Waals surface area contributed by atoms with Crippen molar-refractivity contribution in [3.63, 3.8) is 0 Å². The fraction of sp³-hybridized carbons (Fsp3) is 1.00. The number of hydrogen-bond donors (Lipinski definition) is 1. The molecule has 1 saturated carbocycles. The average Bonchev–Trinajstić information content (AvgIpc) is 2.18. The van der Waals surface area contributed by atoms with E-state index in [9.17, 15) is 5.11 Å². The Hall–Kier alpha value is -0.0800. The highest BCUT2D eigenvalue weighted by Gasteiger charge is 2.24. The number of aliphatic hydroxyl groups excluding tert-OH is 1. The Labute approximate surface area is 88.3 Å². The van der Waals surface area contributed by atoms with Gasteiger partial charge in [-0.3, -0.25) is 0 Å². The third-order valence-electron chi connectivity index (χ3n) is 3.64. The van der Waals surface area contributed by atoms with Gasteiger partial charge in [-0.2, -0.15) is 0 Å². The Bertz CT molecular complexity index is 152. The van der Waals surface area contributed by atoms with Crippen molar-refractivity contribution in [2.75, 3.05) is 7.05 Å². The predicted octanol–water partition coefficient (Wildman–Crippen LogP) is 2.41. The molecule has 0 aromatic rings. The lowest BCUT2D eigenvalue weighted by Gasteiger charge is -2.36. The molecule has 0 aromatic heterocycles. The standard InChI is InChI=1S/C12H25NO/c1-4-5-10(2)13(3)11-6-8-12(14)9-7-11/h10-12,14H,4-9H2,1-3H3. The second kappa shape index (κ2) is 5.72. The molecular formula is C12H25NO. The fourth-order valence-electron chi connectivity index (χ4n) is 2.45. The van der Waals surface area contributed by atoms with Crippen LogP contribution in [-0.2, 0) is 0 Å². The molecule has 2 nitrogen and oxygen atoms in total. The molecule has 0 saturated heterocycles. The van der Waals surface area contributed by atoms with Crippen molar-refractivity contribution in [1.82, 2.24) is 4.90 Å². The lowest BCUT2D eigenvalue weighted by Crippen LogP contribution is -2.41. The molecule has 0 aromatic carbocycles. The lowest BCUT2D eigenvalue weighted by atomic mass is 9.91. The molecule has 1 N–H and O–H groups in total. The maximum atomic E-state index is 9.43. The van der Waals surface area contributed by atoms with Gasteiger partial charge in [-0.25, -0.2) is 0 Å². The molecule has 0 aliphatic heterocycles. The molecule has 0 spiro atoms. The van der Waals surface area contributed by atoms with Gasteiger partial charge in [0.25, 0.3) is 0 Å². The lowest BCUT2D eigenvalue weighted by molar-refractivity contribution is 0.0682. The molecule has 0 heterocycles. The van der Waals surface area contributed by atoms with Crippen LogP contribution >= 0.6 is 0 Å². The topological polar surface area (TPSA) is 23.5 Å². The van der Waals surface area contributed by atoms with E-state index in [2.05, 4.69) is 25.8 Å². The quantitative estimate of drug-likeness (QED) is 0.751. The second-order valence-corrected chi connectivity index (χ2v) is 4.77. The van der Waals surface area contributed by atoms with E-state index in [1.54, 1.807) is 0 Å². The maximum absolute atomic E-state index is 9.43. The zero-order valence-corrected chi connectivity index (χ0v) is 9.87. The highest BCUT2D eigenvalue weighted by atomic mass is 16.3. The number of aliphatic hydroxyl groups is 1. The first-order valence-electron chi connectivity index (χ1n) is 6.05. The van der Waals surface area contributed by atoms with Crippen LogP contribution in [0.5, 0.6) is 0 Å². The van der Waals surface area contributed by atoms with Crippen molar-refractivity contribution in [2.24, 2.45) is 0 Å². The van der Waals surface area contributed by atoms with E-state index in [-0.39, 0.29) is 6.10 Å². The van der Waals surface area contributed by atoms with Crippen molar-refractivity contribution in [1.29, 1.82) is 0 Å². The van der Waals surface area contributed by atoms with Crippen LogP contribution in [0.15, 0.2) is 0 Å². The molecule has 1 fully saturated rings. The van der Waals surface area contributed by atoms with E-state index in [0.29, 0.717) is 12.1 Å². The van der Waals surface area contributed by atoms with Gasteiger partial charge in [0.1, 0.15) is 0 Å². The molecule has 1 aliphatic carbocycles. The van der Waals surface area contributed by atoms with Gasteiger partial charge in [0.15, 0.2) is 0 Å². The highest BCUT2D eigenvalue weighted by molar-refractivity contribution is 4.80. The number of rotatable bonds is 4. The zero-order valence-electron chi connectivity index (χ0n) is 9.87. The highest BCUT2D eigenvalue weighted by Crippen LogP contribution is 2.24. The van der Waals surface area contributed by atoms with Crippen LogP contribution in [0.3, 0.4) is 0 Å². The molecule has 1 aliphatic rings. The Morgan fingerprint density at radius 3 is 2.36 bits per heavy atom. The number of hydrogen-bond acceptors (Lipinski definition) is 2. The van der Waals surface area contributed by atoms with Crippen LogP contribution in [-0.4, -0.2) is 35.2 Å². The van der Waals surface area contributed by atoms with E-state index >= 15 is 0 Å². The monoisotopic (exact) mass is 199 g/mol. The van der Waals surface area contributed by atoms with Crippen molar-refractivity contribution >= 4 is 0 Å². The minimum atomic E-state index is -0.0267. The Morgan fingerprint density at radius 1 is 1.29 bits per heavy atom. The third kappa shape index (κ3) is 3.25.